The van der Waals surface area contributed by atoms with E-state index in [1.165, 1.54) is 0 Å². The molecule has 0 aromatic rings. The third-order valence-electron chi connectivity index (χ3n) is 5.28. The van der Waals surface area contributed by atoms with Gasteiger partial charge in [-0.05, 0) is 104 Å². The lowest BCUT2D eigenvalue weighted by Crippen LogP contribution is -2.61. The Hall–Kier alpha value is 0.724. The van der Waals surface area contributed by atoms with Gasteiger partial charge in [0.1, 0.15) is 0 Å². The number of rotatable bonds is 23. The van der Waals surface area contributed by atoms with Gasteiger partial charge in [-0.1, -0.05) is 0 Å². The first-order chi connectivity index (χ1) is 16.9. The third kappa shape index (κ3) is 19.4. The molecule has 0 saturated carbocycles. The van der Waals surface area contributed by atoms with Crippen molar-refractivity contribution in [3.63, 3.8) is 0 Å². The average molecular weight is 618 g/mol. The molecule has 3 atom stereocenters. The Balaban J connectivity index is 5.45. The van der Waals surface area contributed by atoms with E-state index in [1.807, 2.05) is 13.8 Å². The van der Waals surface area contributed by atoms with Gasteiger partial charge >= 0.3 is 34.2 Å². The lowest BCUT2D eigenvalue weighted by atomic mass is 10.4. The van der Waals surface area contributed by atoms with E-state index in [0.29, 0.717) is 39.6 Å². The molecule has 0 aliphatic rings. The SMILES string of the molecule is CCO[Si](C)(C)O[Si](C)(CCCN)O[Si](C)(CCCOCCOCC(C)OC)O[Si](C)(C)O[Si](C)(C)C. The highest BCUT2D eigenvalue weighted by Gasteiger charge is 2.49. The van der Waals surface area contributed by atoms with Crippen molar-refractivity contribution in [3.8, 4) is 0 Å². The fraction of sp³-hybridized carbons (Fsp3) is 1.00. The molecule has 224 valence electrons. The first kappa shape index (κ1) is 37.7. The van der Waals surface area contributed by atoms with Gasteiger partial charge in [-0.3, -0.25) is 0 Å². The van der Waals surface area contributed by atoms with Gasteiger partial charge in [0.05, 0.1) is 25.9 Å². The molecular weight excluding hydrogens is 559 g/mol. The highest BCUT2D eigenvalue weighted by atomic mass is 28.5. The number of hydrogen-bond acceptors (Lipinski definition) is 9. The van der Waals surface area contributed by atoms with E-state index in [-0.39, 0.29) is 6.10 Å². The fourth-order valence-corrected chi connectivity index (χ4v) is 28.0. The largest absolute Gasteiger partial charge is 0.437 e. The quantitative estimate of drug-likeness (QED) is 0.121. The van der Waals surface area contributed by atoms with Gasteiger partial charge in [0, 0.05) is 20.3 Å². The van der Waals surface area contributed by atoms with Crippen LogP contribution in [-0.4, -0.2) is 95.4 Å². The van der Waals surface area contributed by atoms with Crippen LogP contribution in [0.5, 0.6) is 0 Å². The minimum absolute atomic E-state index is 0.0858. The molecule has 0 fully saturated rings. The molecule has 2 N–H and O–H groups in total. The zero-order valence-electron chi connectivity index (χ0n) is 26.0. The van der Waals surface area contributed by atoms with E-state index >= 15 is 0 Å². The van der Waals surface area contributed by atoms with Crippen LogP contribution in [0.25, 0.3) is 0 Å². The zero-order valence-corrected chi connectivity index (χ0v) is 31.0. The van der Waals surface area contributed by atoms with E-state index in [1.54, 1.807) is 7.11 Å². The minimum atomic E-state index is -2.69. The van der Waals surface area contributed by atoms with E-state index < -0.39 is 42.6 Å². The summed E-state index contributed by atoms with van der Waals surface area (Å²) < 4.78 is 49.9. The molecule has 0 saturated heterocycles. The zero-order chi connectivity index (χ0) is 28.8. The van der Waals surface area contributed by atoms with Crippen LogP contribution in [0.4, 0.5) is 0 Å². The van der Waals surface area contributed by atoms with Crippen molar-refractivity contribution < 1.29 is 35.1 Å². The lowest BCUT2D eigenvalue weighted by Gasteiger charge is -2.44. The topological polar surface area (TPSA) is 99.9 Å². The van der Waals surface area contributed by atoms with E-state index in [0.717, 1.165) is 24.9 Å². The Morgan fingerprint density at radius 2 is 1.22 bits per heavy atom. The van der Waals surface area contributed by atoms with Crippen molar-refractivity contribution in [1.29, 1.82) is 0 Å². The Morgan fingerprint density at radius 3 is 1.73 bits per heavy atom. The second-order valence-electron chi connectivity index (χ2n) is 11.8. The van der Waals surface area contributed by atoms with Crippen LogP contribution in [-0.2, 0) is 35.1 Å². The van der Waals surface area contributed by atoms with Crippen molar-refractivity contribution in [2.75, 3.05) is 46.7 Å². The van der Waals surface area contributed by atoms with Gasteiger partial charge in [0.25, 0.3) is 0 Å². The first-order valence-electron chi connectivity index (χ1n) is 13.7. The Labute approximate surface area is 233 Å². The molecule has 3 unspecified atom stereocenters. The molecule has 0 bridgehead atoms. The van der Waals surface area contributed by atoms with Gasteiger partial charge in [-0.2, -0.15) is 0 Å². The lowest BCUT2D eigenvalue weighted by molar-refractivity contribution is -0.00632. The van der Waals surface area contributed by atoms with Gasteiger partial charge in [0.15, 0.2) is 8.32 Å². The highest BCUT2D eigenvalue weighted by Crippen LogP contribution is 2.32. The number of nitrogens with two attached hydrogens (primary N) is 1. The monoisotopic (exact) mass is 617 g/mol. The maximum absolute atomic E-state index is 7.05. The van der Waals surface area contributed by atoms with Crippen LogP contribution in [0, 0.1) is 0 Å². The standard InChI is InChI=1S/C23H59NO8Si5/c1-13-28-34(7,8)30-36(11,20-14-16-24)32-37(12,31-35(9,10)29-33(4,5)6)21-15-17-26-18-19-27-22-23(2)25-3/h23H,13-22,24H2,1-12H3. The smallest absolute Gasteiger partial charge is 0.322 e. The summed E-state index contributed by atoms with van der Waals surface area (Å²) in [6.07, 6.45) is 1.77. The molecule has 14 heteroatoms. The molecule has 0 radical (unpaired) electrons. The summed E-state index contributed by atoms with van der Waals surface area (Å²) in [6, 6.07) is 1.61. The summed E-state index contributed by atoms with van der Waals surface area (Å²) in [5.74, 6) is 0. The normalized spacial score (nSPS) is 17.4. The molecule has 0 heterocycles. The molecule has 0 amide bonds. The first-order valence-corrected chi connectivity index (χ1v) is 27.8. The summed E-state index contributed by atoms with van der Waals surface area (Å²) in [6.45, 7) is 26.9. The Morgan fingerprint density at radius 1 is 0.676 bits per heavy atom. The van der Waals surface area contributed by atoms with Crippen LogP contribution in [0.3, 0.4) is 0 Å². The molecule has 0 aliphatic carbocycles. The van der Waals surface area contributed by atoms with Crippen molar-refractivity contribution in [2.45, 2.75) is 104 Å². The molecule has 0 aliphatic heterocycles. The van der Waals surface area contributed by atoms with Crippen LogP contribution in [0.15, 0.2) is 0 Å². The van der Waals surface area contributed by atoms with Crippen molar-refractivity contribution in [3.05, 3.63) is 0 Å². The van der Waals surface area contributed by atoms with Crippen molar-refractivity contribution in [1.82, 2.24) is 0 Å². The number of methoxy groups -OCH3 is 1. The van der Waals surface area contributed by atoms with Gasteiger partial charge in [0.2, 0.25) is 0 Å². The molecule has 0 aromatic heterocycles. The summed E-state index contributed by atoms with van der Waals surface area (Å²) in [5, 5.41) is 0. The van der Waals surface area contributed by atoms with E-state index in [9.17, 15) is 0 Å². The molecular formula is C23H59NO8Si5. The third-order valence-corrected chi connectivity index (χ3v) is 24.0. The predicted molar refractivity (Wildman–Crippen MR) is 164 cm³/mol. The number of ether oxygens (including phenoxy) is 3. The van der Waals surface area contributed by atoms with Crippen molar-refractivity contribution >= 4 is 42.6 Å². The predicted octanol–water partition coefficient (Wildman–Crippen LogP) is 5.28. The maximum atomic E-state index is 7.05. The highest BCUT2D eigenvalue weighted by molar-refractivity contribution is 6.90. The second-order valence-corrected chi connectivity index (χ2v) is 30.7. The molecule has 37 heavy (non-hydrogen) atoms. The van der Waals surface area contributed by atoms with Gasteiger partial charge < -0.3 is 40.8 Å². The van der Waals surface area contributed by atoms with Crippen LogP contribution >= 0.6 is 0 Å². The van der Waals surface area contributed by atoms with E-state index in [4.69, 9.17) is 40.8 Å². The Kier molecular flexibility index (Phi) is 17.9. The molecule has 0 rings (SSSR count). The Bertz CT molecular complexity index is 614. The summed E-state index contributed by atoms with van der Waals surface area (Å²) in [7, 11) is -10.2. The summed E-state index contributed by atoms with van der Waals surface area (Å²) in [4.78, 5) is 0. The van der Waals surface area contributed by atoms with E-state index in [2.05, 4.69) is 58.9 Å². The van der Waals surface area contributed by atoms with Crippen LogP contribution in [0.2, 0.25) is 71.0 Å². The van der Waals surface area contributed by atoms with Crippen LogP contribution < -0.4 is 5.73 Å². The summed E-state index contributed by atoms with van der Waals surface area (Å²) >= 11 is 0. The van der Waals surface area contributed by atoms with Crippen LogP contribution in [0.1, 0.15) is 26.7 Å². The van der Waals surface area contributed by atoms with Gasteiger partial charge in [-0.15, -0.1) is 0 Å². The average Bonchev–Trinajstić information content (AvgIpc) is 2.70. The molecule has 0 spiro atoms. The fourth-order valence-electron chi connectivity index (χ4n) is 4.33. The van der Waals surface area contributed by atoms with Gasteiger partial charge in [-0.25, -0.2) is 0 Å². The maximum Gasteiger partial charge on any atom is 0.322 e. The minimum Gasteiger partial charge on any atom is -0.437 e. The number of hydrogen-bond donors (Lipinski definition) is 1. The summed E-state index contributed by atoms with van der Waals surface area (Å²) in [5.41, 5.74) is 5.89. The second kappa shape index (κ2) is 17.5. The van der Waals surface area contributed by atoms with Crippen molar-refractivity contribution in [2.24, 2.45) is 5.73 Å². The molecule has 9 nitrogen and oxygen atoms in total. The molecule has 0 aromatic carbocycles.